The molecule has 1 aliphatic rings. The number of aromatic nitrogens is 3. The third kappa shape index (κ3) is 5.74. The topological polar surface area (TPSA) is 137 Å². The van der Waals surface area contributed by atoms with E-state index in [4.69, 9.17) is 21.5 Å². The van der Waals surface area contributed by atoms with Gasteiger partial charge >= 0.3 is 0 Å². The van der Waals surface area contributed by atoms with Gasteiger partial charge in [0.15, 0.2) is 0 Å². The number of benzene rings is 1. The van der Waals surface area contributed by atoms with Crippen LogP contribution in [0.5, 0.6) is 0 Å². The molecule has 3 heterocycles. The molecule has 2 aromatic heterocycles. The van der Waals surface area contributed by atoms with Crippen molar-refractivity contribution in [3.63, 3.8) is 0 Å². The van der Waals surface area contributed by atoms with Gasteiger partial charge in [-0.1, -0.05) is 28.9 Å². The van der Waals surface area contributed by atoms with E-state index in [0.717, 1.165) is 4.90 Å². The number of likely N-dealkylation sites (tertiary alicyclic amines) is 1. The Morgan fingerprint density at radius 2 is 2.08 bits per heavy atom. The predicted molar refractivity (Wildman–Crippen MR) is 132 cm³/mol. The molecule has 1 fully saturated rings. The van der Waals surface area contributed by atoms with E-state index in [0.29, 0.717) is 27.5 Å². The normalized spacial score (nSPS) is 16.8. The molecule has 0 bridgehead atoms. The number of anilines is 1. The molecule has 1 atom stereocenters. The second-order valence-corrected chi connectivity index (χ2v) is 8.99. The van der Waals surface area contributed by atoms with Gasteiger partial charge in [-0.05, 0) is 31.5 Å². The molecule has 194 valence electrons. The Bertz CT molecular complexity index is 1330. The van der Waals surface area contributed by atoms with Gasteiger partial charge in [-0.15, -0.1) is 0 Å². The summed E-state index contributed by atoms with van der Waals surface area (Å²) in [6.07, 6.45) is 1.19. The number of alkyl halides is 2. The SMILES string of the molecule is CNc1cc(-c2noc(C3CCN(C(=O)CNC(=O)c4ccc(Cl)cn4)CC3(F)F)n2)ccc1C(C)=N. The summed E-state index contributed by atoms with van der Waals surface area (Å²) in [5, 5.41) is 17.5. The molecule has 3 aromatic rings. The molecular formula is C24H24ClF2N7O3. The minimum absolute atomic E-state index is 0.0308. The Balaban J connectivity index is 1.40. The number of hydrogen-bond donors (Lipinski definition) is 3. The summed E-state index contributed by atoms with van der Waals surface area (Å²) in [6, 6.07) is 8.00. The summed E-state index contributed by atoms with van der Waals surface area (Å²) in [5.74, 6) is -6.02. The van der Waals surface area contributed by atoms with Crippen LogP contribution in [0.25, 0.3) is 11.4 Å². The molecule has 10 nitrogen and oxygen atoms in total. The lowest BCUT2D eigenvalue weighted by Gasteiger charge is -2.36. The van der Waals surface area contributed by atoms with Crippen molar-refractivity contribution >= 4 is 34.8 Å². The number of nitrogens with one attached hydrogen (secondary N) is 3. The van der Waals surface area contributed by atoms with Gasteiger partial charge in [0, 0.05) is 42.3 Å². The van der Waals surface area contributed by atoms with Crippen LogP contribution >= 0.6 is 11.6 Å². The van der Waals surface area contributed by atoms with Gasteiger partial charge < -0.3 is 25.5 Å². The maximum Gasteiger partial charge on any atom is 0.276 e. The summed E-state index contributed by atoms with van der Waals surface area (Å²) in [7, 11) is 1.71. The van der Waals surface area contributed by atoms with E-state index in [-0.39, 0.29) is 30.4 Å². The van der Waals surface area contributed by atoms with Crippen molar-refractivity contribution in [3.8, 4) is 11.4 Å². The van der Waals surface area contributed by atoms with E-state index in [1.54, 1.807) is 32.2 Å². The fraction of sp³-hybridized carbons (Fsp3) is 0.333. The van der Waals surface area contributed by atoms with Gasteiger partial charge in [-0.3, -0.25) is 9.59 Å². The van der Waals surface area contributed by atoms with Gasteiger partial charge in [0.2, 0.25) is 17.6 Å². The Labute approximate surface area is 215 Å². The number of carbonyl (C=O) groups is 2. The zero-order valence-electron chi connectivity index (χ0n) is 20.0. The largest absolute Gasteiger partial charge is 0.388 e. The van der Waals surface area contributed by atoms with Crippen LogP contribution in [0.4, 0.5) is 14.5 Å². The molecule has 13 heteroatoms. The fourth-order valence-corrected chi connectivity index (χ4v) is 4.15. The maximum atomic E-state index is 15.1. The van der Waals surface area contributed by atoms with Crippen LogP contribution in [0.3, 0.4) is 0 Å². The molecule has 0 radical (unpaired) electrons. The first-order valence-corrected chi connectivity index (χ1v) is 11.7. The number of hydrogen-bond acceptors (Lipinski definition) is 8. The number of piperidine rings is 1. The lowest BCUT2D eigenvalue weighted by molar-refractivity contribution is -0.144. The van der Waals surface area contributed by atoms with Crippen LogP contribution < -0.4 is 10.6 Å². The number of halogens is 3. The minimum Gasteiger partial charge on any atom is -0.388 e. The zero-order valence-corrected chi connectivity index (χ0v) is 20.8. The lowest BCUT2D eigenvalue weighted by Crippen LogP contribution is -2.52. The first-order valence-electron chi connectivity index (χ1n) is 11.4. The molecule has 0 aliphatic carbocycles. The standard InChI is InChI=1S/C24H24ClF2N7O3/c1-13(28)16-5-3-14(9-19(16)29-2)21-32-23(37-33-21)17-7-8-34(12-24(17,26)27)20(35)11-31-22(36)18-6-4-15(25)10-30-18/h3-6,9-10,17,28-29H,7-8,11-12H2,1-2H3,(H,31,36). The molecular weight excluding hydrogens is 508 g/mol. The zero-order chi connectivity index (χ0) is 26.7. The Kier molecular flexibility index (Phi) is 7.48. The number of nitrogens with zero attached hydrogens (tertiary/aromatic N) is 4. The van der Waals surface area contributed by atoms with E-state index in [1.807, 2.05) is 0 Å². The van der Waals surface area contributed by atoms with Crippen molar-refractivity contribution in [2.45, 2.75) is 25.2 Å². The van der Waals surface area contributed by atoms with Crippen molar-refractivity contribution < 1.29 is 22.9 Å². The lowest BCUT2D eigenvalue weighted by atomic mass is 9.92. The summed E-state index contributed by atoms with van der Waals surface area (Å²) in [5.41, 5.74) is 2.34. The van der Waals surface area contributed by atoms with Crippen molar-refractivity contribution in [2.24, 2.45) is 0 Å². The first-order chi connectivity index (χ1) is 17.6. The van der Waals surface area contributed by atoms with Crippen LogP contribution in [0, 0.1) is 5.41 Å². The van der Waals surface area contributed by atoms with E-state index in [9.17, 15) is 9.59 Å². The van der Waals surface area contributed by atoms with Gasteiger partial charge in [-0.25, -0.2) is 13.8 Å². The highest BCUT2D eigenvalue weighted by molar-refractivity contribution is 6.30. The molecule has 4 rings (SSSR count). The number of pyridine rings is 1. The van der Waals surface area contributed by atoms with E-state index >= 15 is 8.78 Å². The highest BCUT2D eigenvalue weighted by Crippen LogP contribution is 2.40. The Morgan fingerprint density at radius 3 is 2.73 bits per heavy atom. The van der Waals surface area contributed by atoms with Crippen LogP contribution in [-0.4, -0.2) is 70.2 Å². The van der Waals surface area contributed by atoms with Crippen molar-refractivity contribution in [3.05, 3.63) is 58.7 Å². The van der Waals surface area contributed by atoms with Gasteiger partial charge in [0.1, 0.15) is 11.6 Å². The third-order valence-electron chi connectivity index (χ3n) is 6.00. The second kappa shape index (κ2) is 10.6. The summed E-state index contributed by atoms with van der Waals surface area (Å²) in [4.78, 5) is 33.7. The fourth-order valence-electron chi connectivity index (χ4n) is 4.04. The highest BCUT2D eigenvalue weighted by atomic mass is 35.5. The van der Waals surface area contributed by atoms with Crippen LogP contribution in [0.1, 0.15) is 41.2 Å². The van der Waals surface area contributed by atoms with E-state index < -0.39 is 36.7 Å². The molecule has 0 spiro atoms. The minimum atomic E-state index is -3.32. The van der Waals surface area contributed by atoms with Gasteiger partial charge in [0.05, 0.1) is 18.1 Å². The summed E-state index contributed by atoms with van der Waals surface area (Å²) >= 11 is 5.74. The van der Waals surface area contributed by atoms with Gasteiger partial charge in [-0.2, -0.15) is 4.98 Å². The number of carbonyl (C=O) groups excluding carboxylic acids is 2. The first kappa shape index (κ1) is 26.1. The summed E-state index contributed by atoms with van der Waals surface area (Å²) in [6.45, 7) is 0.392. The smallest absolute Gasteiger partial charge is 0.276 e. The van der Waals surface area contributed by atoms with E-state index in [1.165, 1.54) is 18.3 Å². The van der Waals surface area contributed by atoms with Crippen LogP contribution in [0.15, 0.2) is 41.1 Å². The Morgan fingerprint density at radius 1 is 1.30 bits per heavy atom. The molecule has 37 heavy (non-hydrogen) atoms. The number of amides is 2. The third-order valence-corrected chi connectivity index (χ3v) is 6.23. The molecule has 0 saturated carbocycles. The Hall–Kier alpha value is -3.93. The highest BCUT2D eigenvalue weighted by Gasteiger charge is 2.49. The summed E-state index contributed by atoms with van der Waals surface area (Å²) < 4.78 is 35.3. The predicted octanol–water partition coefficient (Wildman–Crippen LogP) is 3.60. The monoisotopic (exact) mass is 531 g/mol. The number of rotatable bonds is 7. The molecule has 1 saturated heterocycles. The quantitative estimate of drug-likeness (QED) is 0.396. The van der Waals surface area contributed by atoms with Gasteiger partial charge in [0.25, 0.3) is 11.8 Å². The molecule has 1 unspecified atom stereocenters. The van der Waals surface area contributed by atoms with E-state index in [2.05, 4.69) is 25.8 Å². The van der Waals surface area contributed by atoms with Crippen molar-refractivity contribution in [2.75, 3.05) is 32.0 Å². The average molecular weight is 532 g/mol. The van der Waals surface area contributed by atoms with Crippen LogP contribution in [0.2, 0.25) is 5.02 Å². The molecule has 1 aliphatic heterocycles. The average Bonchev–Trinajstić information content (AvgIpc) is 3.36. The van der Waals surface area contributed by atoms with Crippen molar-refractivity contribution in [1.82, 2.24) is 25.3 Å². The van der Waals surface area contributed by atoms with Crippen LogP contribution in [-0.2, 0) is 4.79 Å². The molecule has 2 amide bonds. The second-order valence-electron chi connectivity index (χ2n) is 8.55. The molecule has 3 N–H and O–H groups in total. The molecule has 1 aromatic carbocycles. The maximum absolute atomic E-state index is 15.1. The van der Waals surface area contributed by atoms with Crippen molar-refractivity contribution in [1.29, 1.82) is 5.41 Å².